The Balaban J connectivity index is 1.44. The average molecular weight is 408 g/mol. The lowest BCUT2D eigenvalue weighted by molar-refractivity contribution is 0.144. The second-order valence-electron chi connectivity index (χ2n) is 7.68. The number of hydrogen-bond acceptors (Lipinski definition) is 7. The zero-order valence-electron chi connectivity index (χ0n) is 16.9. The maximum Gasteiger partial charge on any atom is 0.416 e. The molecule has 156 valence electrons. The molecule has 9 nitrogen and oxygen atoms in total. The van der Waals surface area contributed by atoms with Crippen molar-refractivity contribution in [3.63, 3.8) is 0 Å². The second kappa shape index (κ2) is 8.00. The number of nitrogens with zero attached hydrogens (tertiary/aromatic N) is 5. The summed E-state index contributed by atoms with van der Waals surface area (Å²) in [5.74, 6) is 0.974. The summed E-state index contributed by atoms with van der Waals surface area (Å²) in [6.45, 7) is 6.42. The molecule has 2 aliphatic rings. The molecule has 0 saturated carbocycles. The Hall–Kier alpha value is -3.04. The molecule has 3 aromatic rings. The minimum Gasteiger partial charge on any atom is -0.391 e. The summed E-state index contributed by atoms with van der Waals surface area (Å²) in [6.07, 6.45) is 4.01. The van der Waals surface area contributed by atoms with E-state index in [2.05, 4.69) is 39.4 Å². The molecule has 1 N–H and O–H groups in total. The summed E-state index contributed by atoms with van der Waals surface area (Å²) >= 11 is 0. The normalized spacial score (nSPS) is 19.4. The lowest BCUT2D eigenvalue weighted by atomic mass is 9.93. The van der Waals surface area contributed by atoms with Crippen LogP contribution >= 0.6 is 0 Å². The third kappa shape index (κ3) is 3.61. The molecule has 1 atom stereocenters. The van der Waals surface area contributed by atoms with Crippen LogP contribution in [0.2, 0.25) is 0 Å². The first-order chi connectivity index (χ1) is 14.7. The van der Waals surface area contributed by atoms with Gasteiger partial charge in [0.05, 0.1) is 18.3 Å². The number of aromatic nitrogens is 4. The van der Waals surface area contributed by atoms with Gasteiger partial charge in [-0.25, -0.2) is 9.78 Å². The van der Waals surface area contributed by atoms with Crippen molar-refractivity contribution in [3.05, 3.63) is 41.7 Å². The van der Waals surface area contributed by atoms with E-state index >= 15 is 0 Å². The van der Waals surface area contributed by atoms with Crippen molar-refractivity contribution < 1.29 is 14.3 Å². The number of fused-ring (bicyclic) bond motifs is 1. The fourth-order valence-electron chi connectivity index (χ4n) is 4.08. The minimum atomic E-state index is -0.398. The molecule has 0 spiro atoms. The molecule has 0 bridgehead atoms. The zero-order chi connectivity index (χ0) is 20.5. The molecule has 2 fully saturated rings. The highest BCUT2D eigenvalue weighted by molar-refractivity contribution is 5.82. The predicted molar refractivity (Wildman–Crippen MR) is 110 cm³/mol. The van der Waals surface area contributed by atoms with E-state index in [1.165, 1.54) is 11.1 Å². The first-order valence-corrected chi connectivity index (χ1v) is 10.3. The number of piperazine rings is 1. The van der Waals surface area contributed by atoms with E-state index in [9.17, 15) is 4.79 Å². The van der Waals surface area contributed by atoms with Crippen LogP contribution in [0.15, 0.2) is 30.6 Å². The van der Waals surface area contributed by atoms with Gasteiger partial charge in [-0.3, -0.25) is 0 Å². The first-order valence-electron chi connectivity index (χ1n) is 10.3. The topological polar surface area (TPSA) is 94.4 Å². The van der Waals surface area contributed by atoms with Crippen molar-refractivity contribution in [2.75, 3.05) is 39.4 Å². The fourth-order valence-corrected chi connectivity index (χ4v) is 4.08. The van der Waals surface area contributed by atoms with E-state index in [4.69, 9.17) is 9.47 Å². The molecular formula is C21H24N6O3. The summed E-state index contributed by atoms with van der Waals surface area (Å²) in [5, 5.41) is 8.71. The van der Waals surface area contributed by atoms with Gasteiger partial charge in [-0.05, 0) is 36.6 Å². The van der Waals surface area contributed by atoms with Crippen LogP contribution in [-0.2, 0) is 4.74 Å². The molecule has 2 aliphatic heterocycles. The number of hydrogen-bond donors (Lipinski definition) is 1. The highest BCUT2D eigenvalue weighted by atomic mass is 16.6. The third-order valence-corrected chi connectivity index (χ3v) is 5.70. The van der Waals surface area contributed by atoms with E-state index in [1.54, 1.807) is 28.0 Å². The molecule has 1 amide bonds. The summed E-state index contributed by atoms with van der Waals surface area (Å²) in [5.41, 5.74) is 3.42. The van der Waals surface area contributed by atoms with Crippen LogP contribution in [0.1, 0.15) is 23.5 Å². The van der Waals surface area contributed by atoms with Gasteiger partial charge in [0.15, 0.2) is 0 Å². The maximum atomic E-state index is 12.4. The fraction of sp³-hybridized carbons (Fsp3) is 0.429. The standard InChI is InChI=1S/C21H24N6O3/c1-14-10-16-12-24-27(18(16)11-17(14)15-3-9-29-13-15)20-23-4-2-19(25-20)30-21(28)26-7-5-22-6-8-26/h2,4,10-12,15,22H,3,5-9,13H2,1H3. The third-order valence-electron chi connectivity index (χ3n) is 5.70. The van der Waals surface area contributed by atoms with E-state index in [0.717, 1.165) is 43.6 Å². The monoisotopic (exact) mass is 408 g/mol. The van der Waals surface area contributed by atoms with Gasteiger partial charge >= 0.3 is 6.09 Å². The van der Waals surface area contributed by atoms with Gasteiger partial charge in [0.25, 0.3) is 5.95 Å². The van der Waals surface area contributed by atoms with Gasteiger partial charge in [-0.1, -0.05) is 0 Å². The first kappa shape index (κ1) is 19.0. The molecule has 1 aromatic carbocycles. The van der Waals surface area contributed by atoms with Crippen LogP contribution < -0.4 is 10.1 Å². The molecule has 0 radical (unpaired) electrons. The van der Waals surface area contributed by atoms with E-state index < -0.39 is 6.09 Å². The van der Waals surface area contributed by atoms with Gasteiger partial charge in [-0.2, -0.15) is 14.8 Å². The summed E-state index contributed by atoms with van der Waals surface area (Å²) in [4.78, 5) is 22.8. The van der Waals surface area contributed by atoms with Crippen LogP contribution in [0, 0.1) is 6.92 Å². The minimum absolute atomic E-state index is 0.212. The summed E-state index contributed by atoms with van der Waals surface area (Å²) in [6, 6.07) is 5.88. The van der Waals surface area contributed by atoms with Crippen LogP contribution in [0.5, 0.6) is 5.88 Å². The predicted octanol–water partition coefficient (Wildman–Crippen LogP) is 2.03. The maximum absolute atomic E-state index is 12.4. The average Bonchev–Trinajstić information content (AvgIpc) is 3.44. The van der Waals surface area contributed by atoms with Crippen LogP contribution in [-0.4, -0.2) is 70.1 Å². The zero-order valence-corrected chi connectivity index (χ0v) is 16.9. The van der Waals surface area contributed by atoms with Gasteiger partial charge in [0, 0.05) is 56.4 Å². The van der Waals surface area contributed by atoms with Crippen LogP contribution in [0.4, 0.5) is 4.79 Å². The quantitative estimate of drug-likeness (QED) is 0.709. The summed E-state index contributed by atoms with van der Waals surface area (Å²) < 4.78 is 12.7. The number of aryl methyl sites for hydroxylation is 1. The van der Waals surface area contributed by atoms with Crippen LogP contribution in [0.25, 0.3) is 16.9 Å². The van der Waals surface area contributed by atoms with E-state index in [0.29, 0.717) is 25.0 Å². The number of ether oxygens (including phenoxy) is 2. The lowest BCUT2D eigenvalue weighted by Crippen LogP contribution is -2.47. The van der Waals surface area contributed by atoms with Crippen molar-refractivity contribution in [1.29, 1.82) is 0 Å². The molecule has 1 unspecified atom stereocenters. The Bertz CT molecular complexity index is 1070. The molecule has 2 aromatic heterocycles. The second-order valence-corrected chi connectivity index (χ2v) is 7.68. The van der Waals surface area contributed by atoms with Crippen molar-refractivity contribution in [2.24, 2.45) is 0 Å². The van der Waals surface area contributed by atoms with E-state index in [1.807, 2.05) is 0 Å². The van der Waals surface area contributed by atoms with Crippen LogP contribution in [0.3, 0.4) is 0 Å². The smallest absolute Gasteiger partial charge is 0.391 e. The highest BCUT2D eigenvalue weighted by Gasteiger charge is 2.22. The molecule has 30 heavy (non-hydrogen) atoms. The van der Waals surface area contributed by atoms with Gasteiger partial charge in [0.1, 0.15) is 0 Å². The molecule has 0 aliphatic carbocycles. The SMILES string of the molecule is Cc1cc2cnn(-c3nccc(OC(=O)N4CCNCC4)n3)c2cc1C1CCOC1. The van der Waals surface area contributed by atoms with Crippen molar-refractivity contribution in [2.45, 2.75) is 19.3 Å². The number of carbonyl (C=O) groups is 1. The molecule has 2 saturated heterocycles. The Morgan fingerprint density at radius 3 is 2.97 bits per heavy atom. The Kier molecular flexibility index (Phi) is 5.06. The highest BCUT2D eigenvalue weighted by Crippen LogP contribution is 2.31. The Morgan fingerprint density at radius 1 is 1.30 bits per heavy atom. The van der Waals surface area contributed by atoms with Gasteiger partial charge in [-0.15, -0.1) is 0 Å². The molecule has 5 rings (SSSR count). The van der Waals surface area contributed by atoms with E-state index in [-0.39, 0.29) is 5.88 Å². The Labute approximate surface area is 174 Å². The molecule has 4 heterocycles. The number of benzene rings is 1. The number of rotatable bonds is 3. The lowest BCUT2D eigenvalue weighted by Gasteiger charge is -2.26. The molecular weight excluding hydrogens is 384 g/mol. The number of nitrogens with one attached hydrogen (secondary N) is 1. The number of carbonyl (C=O) groups excluding carboxylic acids is 1. The van der Waals surface area contributed by atoms with Gasteiger partial charge in [0.2, 0.25) is 5.88 Å². The van der Waals surface area contributed by atoms with Crippen molar-refractivity contribution >= 4 is 17.0 Å². The van der Waals surface area contributed by atoms with Crippen molar-refractivity contribution in [3.8, 4) is 11.8 Å². The summed E-state index contributed by atoms with van der Waals surface area (Å²) in [7, 11) is 0. The largest absolute Gasteiger partial charge is 0.416 e. The Morgan fingerprint density at radius 2 is 2.17 bits per heavy atom. The molecule has 9 heteroatoms. The van der Waals surface area contributed by atoms with Crippen molar-refractivity contribution in [1.82, 2.24) is 30.0 Å². The number of amides is 1. The van der Waals surface area contributed by atoms with Gasteiger partial charge < -0.3 is 19.7 Å².